The van der Waals surface area contributed by atoms with Crippen LogP contribution in [-0.4, -0.2) is 193 Å². The summed E-state index contributed by atoms with van der Waals surface area (Å²) in [5, 5.41) is 118. The number of hydrogen-bond donors (Lipinski definition) is 12. The lowest BCUT2D eigenvalue weighted by molar-refractivity contribution is -0.379. The number of carbonyl (C=O) groups is 1. The fourth-order valence-corrected chi connectivity index (χ4v) is 6.54. The molecule has 56 heavy (non-hydrogen) atoms. The van der Waals surface area contributed by atoms with Crippen LogP contribution in [0.25, 0.3) is 0 Å². The largest absolute Gasteiger partial charge is 0.394 e. The Balaban J connectivity index is 1.65. The molecule has 17 atom stereocenters. The first-order valence-corrected chi connectivity index (χ1v) is 19.6. The average molecular weight is 812 g/mol. The number of ether oxygens (including phenoxy) is 6. The smallest absolute Gasteiger partial charge is 0.220 e. The van der Waals surface area contributed by atoms with Gasteiger partial charge in [0.05, 0.1) is 38.6 Å². The van der Waals surface area contributed by atoms with Crippen LogP contribution in [0.1, 0.15) is 71.6 Å². The van der Waals surface area contributed by atoms with Crippen LogP contribution in [0.5, 0.6) is 0 Å². The predicted octanol–water partition coefficient (Wildman–Crippen LogP) is -3.04. The topological polar surface area (TPSA) is 307 Å². The molecule has 19 nitrogen and oxygen atoms in total. The van der Waals surface area contributed by atoms with E-state index in [1.807, 2.05) is 6.92 Å². The molecule has 3 fully saturated rings. The van der Waals surface area contributed by atoms with Crippen molar-refractivity contribution in [3.63, 3.8) is 0 Å². The van der Waals surface area contributed by atoms with E-state index in [-0.39, 0.29) is 18.9 Å². The molecule has 0 spiro atoms. The fourth-order valence-electron chi connectivity index (χ4n) is 6.54. The van der Waals surface area contributed by atoms with Crippen molar-refractivity contribution in [1.82, 2.24) is 5.32 Å². The van der Waals surface area contributed by atoms with Crippen molar-refractivity contribution in [2.24, 2.45) is 0 Å². The maximum Gasteiger partial charge on any atom is 0.220 e. The zero-order valence-electron chi connectivity index (χ0n) is 32.1. The van der Waals surface area contributed by atoms with Gasteiger partial charge in [0.25, 0.3) is 0 Å². The summed E-state index contributed by atoms with van der Waals surface area (Å²) in [6.07, 6.45) is -12.1. The zero-order valence-corrected chi connectivity index (χ0v) is 32.1. The Morgan fingerprint density at radius 2 is 1.12 bits per heavy atom. The summed E-state index contributed by atoms with van der Waals surface area (Å²) in [5.41, 5.74) is 0. The van der Waals surface area contributed by atoms with Gasteiger partial charge in [-0.1, -0.05) is 63.8 Å². The Hall–Kier alpha value is -1.73. The van der Waals surface area contributed by atoms with Crippen molar-refractivity contribution in [1.29, 1.82) is 0 Å². The summed E-state index contributed by atoms with van der Waals surface area (Å²) in [6.45, 7) is 1.33. The summed E-state index contributed by atoms with van der Waals surface area (Å²) in [4.78, 5) is 12.7. The zero-order chi connectivity index (χ0) is 41.4. The van der Waals surface area contributed by atoms with Crippen LogP contribution < -0.4 is 5.32 Å². The van der Waals surface area contributed by atoms with E-state index >= 15 is 0 Å². The van der Waals surface area contributed by atoms with Crippen LogP contribution in [0.4, 0.5) is 0 Å². The van der Waals surface area contributed by atoms with Gasteiger partial charge in [-0.2, -0.15) is 0 Å². The van der Waals surface area contributed by atoms with E-state index in [2.05, 4.69) is 24.4 Å². The quantitative estimate of drug-likeness (QED) is 0.0361. The molecule has 3 saturated heterocycles. The van der Waals surface area contributed by atoms with Crippen LogP contribution in [0.2, 0.25) is 0 Å². The molecular formula is C37H65NO18. The highest BCUT2D eigenvalue weighted by molar-refractivity contribution is 5.76. The highest BCUT2D eigenvalue weighted by Gasteiger charge is 2.53. The van der Waals surface area contributed by atoms with Gasteiger partial charge in [0.1, 0.15) is 73.2 Å². The van der Waals surface area contributed by atoms with Crippen molar-refractivity contribution in [3.8, 4) is 0 Å². The Bertz CT molecular complexity index is 1160. The first-order chi connectivity index (χ1) is 26.8. The van der Waals surface area contributed by atoms with Crippen LogP contribution in [0, 0.1) is 0 Å². The first kappa shape index (κ1) is 48.6. The molecule has 0 radical (unpaired) electrons. The molecule has 0 aromatic rings. The minimum absolute atomic E-state index is 0.220. The summed E-state index contributed by atoms with van der Waals surface area (Å²) in [5.74, 6) is -0.319. The number of aliphatic hydroxyl groups is 11. The van der Waals surface area contributed by atoms with Gasteiger partial charge in [0.2, 0.25) is 5.91 Å². The molecule has 0 bridgehead atoms. The third-order valence-corrected chi connectivity index (χ3v) is 10.0. The molecule has 326 valence electrons. The van der Waals surface area contributed by atoms with E-state index in [1.54, 1.807) is 6.08 Å². The average Bonchev–Trinajstić information content (AvgIpc) is 3.19. The lowest BCUT2D eigenvalue weighted by Gasteiger charge is -2.48. The molecular weight excluding hydrogens is 746 g/mol. The minimum atomic E-state index is -1.97. The third-order valence-electron chi connectivity index (χ3n) is 10.0. The van der Waals surface area contributed by atoms with E-state index in [0.29, 0.717) is 12.8 Å². The van der Waals surface area contributed by atoms with Gasteiger partial charge in [-0.15, -0.1) is 0 Å². The maximum atomic E-state index is 12.7. The van der Waals surface area contributed by atoms with Gasteiger partial charge in [-0.25, -0.2) is 0 Å². The van der Waals surface area contributed by atoms with Gasteiger partial charge in [-0.05, 0) is 25.7 Å². The molecule has 0 aromatic carbocycles. The number of carbonyl (C=O) groups excluding carboxylic acids is 1. The van der Waals surface area contributed by atoms with Crippen molar-refractivity contribution in [2.45, 2.75) is 176 Å². The molecule has 17 unspecified atom stereocenters. The monoisotopic (exact) mass is 811 g/mol. The number of allylic oxidation sites excluding steroid dienone is 3. The van der Waals surface area contributed by atoms with Gasteiger partial charge >= 0.3 is 0 Å². The Morgan fingerprint density at radius 1 is 0.625 bits per heavy atom. The molecule has 3 heterocycles. The van der Waals surface area contributed by atoms with Crippen LogP contribution in [-0.2, 0) is 33.2 Å². The summed E-state index contributed by atoms with van der Waals surface area (Å²) in [7, 11) is 0. The number of amides is 1. The maximum absolute atomic E-state index is 12.7. The Kier molecular flexibility index (Phi) is 21.7. The molecule has 3 aliphatic rings. The SMILES string of the molecule is CCCC/C=C/CC/C=C/C(O)C(COC1OC(CO)C(OC2OC(CO)C(OC3OC(CO)C(O)C(O)C3O)C(O)C2O)C(O)C1O)NC(=O)CCCCC. The summed E-state index contributed by atoms with van der Waals surface area (Å²) >= 11 is 0. The second-order valence-electron chi connectivity index (χ2n) is 14.4. The highest BCUT2D eigenvalue weighted by atomic mass is 16.8. The Labute approximate surface area is 327 Å². The van der Waals surface area contributed by atoms with Crippen molar-refractivity contribution >= 4 is 5.91 Å². The summed E-state index contributed by atoms with van der Waals surface area (Å²) in [6, 6.07) is -0.976. The second-order valence-corrected chi connectivity index (χ2v) is 14.4. The molecule has 0 aromatic heterocycles. The second kappa shape index (κ2) is 25.0. The standard InChI is InChI=1S/C37H65NO18/c1-3-5-7-8-9-10-11-13-14-21(42)20(38-25(43)15-12-6-4-2)19-51-35-31(49)28(46)33(23(17-40)53-35)56-37-32(50)29(47)34(24(18-41)54-37)55-36-30(48)27(45)26(44)22(16-39)52-36/h8-9,13-14,20-24,26-37,39-42,44-50H,3-7,10-12,15-19H2,1-2H3,(H,38,43)/b9-8+,14-13+. The van der Waals surface area contributed by atoms with E-state index < -0.39 is 124 Å². The molecule has 3 rings (SSSR count). The van der Waals surface area contributed by atoms with Gasteiger partial charge in [0.15, 0.2) is 18.9 Å². The van der Waals surface area contributed by atoms with Crippen LogP contribution >= 0.6 is 0 Å². The Morgan fingerprint density at radius 3 is 1.70 bits per heavy atom. The lowest BCUT2D eigenvalue weighted by atomic mass is 9.96. The number of nitrogens with one attached hydrogen (secondary N) is 1. The van der Waals surface area contributed by atoms with Gasteiger partial charge in [0, 0.05) is 6.42 Å². The van der Waals surface area contributed by atoms with E-state index in [9.17, 15) is 61.0 Å². The van der Waals surface area contributed by atoms with Gasteiger partial charge in [-0.3, -0.25) is 4.79 Å². The van der Waals surface area contributed by atoms with E-state index in [0.717, 1.165) is 38.5 Å². The lowest BCUT2D eigenvalue weighted by Crippen LogP contribution is -2.66. The van der Waals surface area contributed by atoms with Crippen molar-refractivity contribution < 1.29 is 89.4 Å². The molecule has 3 aliphatic heterocycles. The molecule has 0 aliphatic carbocycles. The summed E-state index contributed by atoms with van der Waals surface area (Å²) < 4.78 is 33.7. The fraction of sp³-hybridized carbons (Fsp3) is 0.865. The number of hydrogen-bond acceptors (Lipinski definition) is 18. The first-order valence-electron chi connectivity index (χ1n) is 19.6. The number of unbranched alkanes of at least 4 members (excludes halogenated alkanes) is 5. The van der Waals surface area contributed by atoms with Gasteiger partial charge < -0.3 is 89.9 Å². The number of aliphatic hydroxyl groups excluding tert-OH is 11. The number of rotatable bonds is 23. The highest BCUT2D eigenvalue weighted by Crippen LogP contribution is 2.32. The van der Waals surface area contributed by atoms with Crippen LogP contribution in [0.15, 0.2) is 24.3 Å². The predicted molar refractivity (Wildman–Crippen MR) is 194 cm³/mol. The van der Waals surface area contributed by atoms with E-state index in [1.165, 1.54) is 6.08 Å². The molecule has 1 amide bonds. The normalized spacial score (nSPS) is 37.9. The van der Waals surface area contributed by atoms with E-state index in [4.69, 9.17) is 28.4 Å². The van der Waals surface area contributed by atoms with Crippen molar-refractivity contribution in [3.05, 3.63) is 24.3 Å². The minimum Gasteiger partial charge on any atom is -0.394 e. The molecule has 0 saturated carbocycles. The van der Waals surface area contributed by atoms with Crippen LogP contribution in [0.3, 0.4) is 0 Å². The third kappa shape index (κ3) is 13.7. The van der Waals surface area contributed by atoms with Crippen molar-refractivity contribution in [2.75, 3.05) is 26.4 Å². The molecule has 19 heteroatoms. The molecule has 12 N–H and O–H groups in total.